The lowest BCUT2D eigenvalue weighted by Gasteiger charge is -2.36. The number of primary amides is 1. The number of nitrogens with one attached hydrogen (secondary N) is 1. The van der Waals surface area contributed by atoms with E-state index in [-0.39, 0.29) is 5.91 Å². The summed E-state index contributed by atoms with van der Waals surface area (Å²) >= 11 is 0. The van der Waals surface area contributed by atoms with Crippen molar-refractivity contribution in [2.45, 2.75) is 76.9 Å². The second-order valence-corrected chi connectivity index (χ2v) is 6.78. The first-order valence-corrected chi connectivity index (χ1v) is 9.19. The summed E-state index contributed by atoms with van der Waals surface area (Å²) < 4.78 is 0. The number of likely N-dealkylation sites (N-methyl/N-ethyl adjacent to an activating group) is 1. The van der Waals surface area contributed by atoms with Crippen molar-refractivity contribution in [2.24, 2.45) is 5.73 Å². The molecule has 0 saturated carbocycles. The number of hydrogen-bond donors (Lipinski definition) is 2. The van der Waals surface area contributed by atoms with Gasteiger partial charge in [-0.1, -0.05) is 26.7 Å². The summed E-state index contributed by atoms with van der Waals surface area (Å²) in [6, 6.07) is -0.300. The Bertz CT molecular complexity index is 415. The molecule has 2 rings (SSSR count). The fourth-order valence-electron chi connectivity index (χ4n) is 4.18. The Morgan fingerprint density at radius 1 is 1.17 bits per heavy atom. The van der Waals surface area contributed by atoms with Gasteiger partial charge in [-0.15, -0.1) is 0 Å². The smallest absolute Gasteiger partial charge is 0.312 e. The van der Waals surface area contributed by atoms with Crippen LogP contribution in [-0.2, 0) is 4.79 Å². The van der Waals surface area contributed by atoms with E-state index < -0.39 is 12.1 Å². The summed E-state index contributed by atoms with van der Waals surface area (Å²) in [6.45, 7) is 7.27. The number of rotatable bonds is 7. The molecular formula is C17H32N4O2. The van der Waals surface area contributed by atoms with Gasteiger partial charge >= 0.3 is 6.03 Å². The van der Waals surface area contributed by atoms with Gasteiger partial charge < -0.3 is 16.0 Å². The number of amides is 3. The molecule has 2 aliphatic rings. The quantitative estimate of drug-likeness (QED) is 0.748. The first-order chi connectivity index (χ1) is 11.1. The van der Waals surface area contributed by atoms with Gasteiger partial charge in [0.25, 0.3) is 0 Å². The molecule has 6 heteroatoms. The molecule has 23 heavy (non-hydrogen) atoms. The largest absolute Gasteiger partial charge is 0.352 e. The van der Waals surface area contributed by atoms with Crippen LogP contribution in [0.25, 0.3) is 0 Å². The molecule has 3 atom stereocenters. The molecule has 2 saturated heterocycles. The Morgan fingerprint density at radius 3 is 2.52 bits per heavy atom. The van der Waals surface area contributed by atoms with Gasteiger partial charge in [-0.2, -0.15) is 0 Å². The number of urea groups is 1. The Morgan fingerprint density at radius 2 is 1.87 bits per heavy atom. The third-order valence-corrected chi connectivity index (χ3v) is 5.31. The van der Waals surface area contributed by atoms with Gasteiger partial charge in [-0.3, -0.25) is 9.69 Å². The lowest BCUT2D eigenvalue weighted by atomic mass is 10.0. The average molecular weight is 324 g/mol. The predicted molar refractivity (Wildman–Crippen MR) is 91.0 cm³/mol. The lowest BCUT2D eigenvalue weighted by Crippen LogP contribution is -2.55. The third-order valence-electron chi connectivity index (χ3n) is 5.31. The Hall–Kier alpha value is -1.30. The number of hydrogen-bond acceptors (Lipinski definition) is 3. The van der Waals surface area contributed by atoms with Crippen LogP contribution in [0, 0.1) is 0 Å². The maximum Gasteiger partial charge on any atom is 0.312 e. The molecule has 6 nitrogen and oxygen atoms in total. The van der Waals surface area contributed by atoms with Gasteiger partial charge in [0.15, 0.2) is 0 Å². The molecule has 0 aromatic heterocycles. The van der Waals surface area contributed by atoms with Crippen LogP contribution in [0.15, 0.2) is 0 Å². The van der Waals surface area contributed by atoms with Crippen LogP contribution < -0.4 is 11.1 Å². The van der Waals surface area contributed by atoms with Crippen LogP contribution in [0.2, 0.25) is 0 Å². The normalized spacial score (nSPS) is 26.4. The van der Waals surface area contributed by atoms with E-state index in [4.69, 9.17) is 5.73 Å². The highest BCUT2D eigenvalue weighted by molar-refractivity contribution is 5.87. The Kier molecular flexibility index (Phi) is 6.69. The molecule has 3 amide bonds. The summed E-state index contributed by atoms with van der Waals surface area (Å²) in [5, 5.41) is 2.66. The van der Waals surface area contributed by atoms with Crippen LogP contribution in [0.4, 0.5) is 4.79 Å². The molecule has 0 bridgehead atoms. The van der Waals surface area contributed by atoms with Gasteiger partial charge in [0.2, 0.25) is 5.91 Å². The molecule has 3 N–H and O–H groups in total. The maximum atomic E-state index is 13.0. The van der Waals surface area contributed by atoms with E-state index in [1.165, 1.54) is 12.8 Å². The van der Waals surface area contributed by atoms with E-state index in [1.54, 1.807) is 0 Å². The molecular weight excluding hydrogens is 292 g/mol. The van der Waals surface area contributed by atoms with Crippen molar-refractivity contribution >= 4 is 11.9 Å². The van der Waals surface area contributed by atoms with E-state index in [9.17, 15) is 9.59 Å². The lowest BCUT2D eigenvalue weighted by molar-refractivity contribution is -0.135. The average Bonchev–Trinajstić information content (AvgIpc) is 3.17. The highest BCUT2D eigenvalue weighted by Gasteiger charge is 2.40. The van der Waals surface area contributed by atoms with Crippen molar-refractivity contribution in [3.8, 4) is 0 Å². The van der Waals surface area contributed by atoms with E-state index in [1.807, 2.05) is 4.90 Å². The Labute approximate surface area is 139 Å². The van der Waals surface area contributed by atoms with Gasteiger partial charge in [0.1, 0.15) is 6.04 Å². The molecule has 132 valence electrons. The molecule has 0 spiro atoms. The maximum absolute atomic E-state index is 13.0. The zero-order valence-electron chi connectivity index (χ0n) is 14.6. The van der Waals surface area contributed by atoms with E-state index in [0.717, 1.165) is 45.3 Å². The van der Waals surface area contributed by atoms with Crippen LogP contribution in [0.1, 0.15) is 58.8 Å². The van der Waals surface area contributed by atoms with Gasteiger partial charge in [-0.05, 0) is 45.2 Å². The van der Waals surface area contributed by atoms with Crippen molar-refractivity contribution in [1.29, 1.82) is 0 Å². The van der Waals surface area contributed by atoms with E-state index in [0.29, 0.717) is 18.5 Å². The van der Waals surface area contributed by atoms with Crippen molar-refractivity contribution in [1.82, 2.24) is 15.1 Å². The summed E-state index contributed by atoms with van der Waals surface area (Å²) in [7, 11) is 0. The van der Waals surface area contributed by atoms with Crippen LogP contribution in [0.3, 0.4) is 0 Å². The minimum absolute atomic E-state index is 0.0581. The van der Waals surface area contributed by atoms with E-state index in [2.05, 4.69) is 24.1 Å². The van der Waals surface area contributed by atoms with Crippen molar-refractivity contribution in [3.05, 3.63) is 0 Å². The summed E-state index contributed by atoms with van der Waals surface area (Å²) in [4.78, 5) is 28.8. The zero-order valence-corrected chi connectivity index (χ0v) is 14.6. The highest BCUT2D eigenvalue weighted by atomic mass is 16.2. The zero-order chi connectivity index (χ0) is 16.8. The van der Waals surface area contributed by atoms with Crippen LogP contribution >= 0.6 is 0 Å². The fraction of sp³-hybridized carbons (Fsp3) is 0.882. The molecule has 0 aromatic rings. The molecule has 0 unspecified atom stereocenters. The van der Waals surface area contributed by atoms with Gasteiger partial charge in [-0.25, -0.2) is 4.79 Å². The van der Waals surface area contributed by atoms with Crippen LogP contribution in [-0.4, -0.2) is 59.5 Å². The number of carbonyl (C=O) groups is 2. The Balaban J connectivity index is 2.06. The van der Waals surface area contributed by atoms with Crippen LogP contribution in [0.5, 0.6) is 0 Å². The SMILES string of the molecule is CCCC[C@H](NC(N)=O)C(=O)N1CCC[C@H]1[C@@H]1CCCN1CC. The standard InChI is InChI=1S/C17H32N4O2/c1-3-5-8-13(19-17(18)23)16(22)21-12-7-10-15(21)14-9-6-11-20(14)4-2/h13-15H,3-12H2,1-2H3,(H3,18,19,23)/t13-,14-,15-/m0/s1. The second-order valence-electron chi connectivity index (χ2n) is 6.78. The van der Waals surface area contributed by atoms with Crippen molar-refractivity contribution < 1.29 is 9.59 Å². The minimum atomic E-state index is -0.605. The number of unbranched alkanes of at least 4 members (excludes halogenated alkanes) is 1. The van der Waals surface area contributed by atoms with Gasteiger partial charge in [0.05, 0.1) is 0 Å². The molecule has 0 radical (unpaired) electrons. The topological polar surface area (TPSA) is 78.7 Å². The van der Waals surface area contributed by atoms with Crippen molar-refractivity contribution in [2.75, 3.05) is 19.6 Å². The summed E-state index contributed by atoms with van der Waals surface area (Å²) in [5.74, 6) is 0.0581. The summed E-state index contributed by atoms with van der Waals surface area (Å²) in [6.07, 6.45) is 7.11. The number of nitrogens with zero attached hydrogens (tertiary/aromatic N) is 2. The first-order valence-electron chi connectivity index (χ1n) is 9.19. The minimum Gasteiger partial charge on any atom is -0.352 e. The number of likely N-dealkylation sites (tertiary alicyclic amines) is 2. The fourth-order valence-corrected chi connectivity index (χ4v) is 4.18. The second kappa shape index (κ2) is 8.52. The number of nitrogens with two attached hydrogens (primary N) is 1. The molecule has 2 fully saturated rings. The van der Waals surface area contributed by atoms with E-state index >= 15 is 0 Å². The monoisotopic (exact) mass is 324 g/mol. The molecule has 0 aromatic carbocycles. The first kappa shape index (κ1) is 18.0. The van der Waals surface area contributed by atoms with Crippen molar-refractivity contribution in [3.63, 3.8) is 0 Å². The molecule has 2 heterocycles. The molecule has 0 aliphatic carbocycles. The number of carbonyl (C=O) groups excluding carboxylic acids is 2. The predicted octanol–water partition coefficient (Wildman–Crippen LogP) is 1.69. The van der Waals surface area contributed by atoms with Gasteiger partial charge in [0, 0.05) is 18.6 Å². The molecule has 2 aliphatic heterocycles. The third kappa shape index (κ3) is 4.37. The summed E-state index contributed by atoms with van der Waals surface area (Å²) in [5.41, 5.74) is 5.27. The highest BCUT2D eigenvalue weighted by Crippen LogP contribution is 2.30.